The number of carbonyl (C=O) groups is 1. The number of hydrogen-bond donors (Lipinski definition) is 0. The van der Waals surface area contributed by atoms with Gasteiger partial charge in [0.05, 0.1) is 26.1 Å². The van der Waals surface area contributed by atoms with E-state index in [0.717, 1.165) is 10.1 Å². The van der Waals surface area contributed by atoms with E-state index in [9.17, 15) is 19.3 Å². The average Bonchev–Trinajstić information content (AvgIpc) is 3.31. The molecule has 2 heterocycles. The Hall–Kier alpha value is -3.88. The second kappa shape index (κ2) is 8.23. The van der Waals surface area contributed by atoms with Gasteiger partial charge in [0.2, 0.25) is 0 Å². The molecule has 5 rings (SSSR count). The zero-order chi connectivity index (χ0) is 23.1. The molecule has 3 aromatic carbocycles. The first-order valence-electron chi connectivity index (χ1n) is 9.75. The Morgan fingerprint density at radius 2 is 1.73 bits per heavy atom. The van der Waals surface area contributed by atoms with Crippen molar-refractivity contribution < 1.29 is 14.1 Å². The van der Waals surface area contributed by atoms with Crippen molar-refractivity contribution >= 4 is 62.2 Å². The first-order valence-corrected chi connectivity index (χ1v) is 10.9. The number of benzene rings is 3. The summed E-state index contributed by atoms with van der Waals surface area (Å²) in [7, 11) is 0. The number of nitrogens with zero attached hydrogens (tertiary/aromatic N) is 3. The molecule has 0 N–H and O–H groups in total. The van der Waals surface area contributed by atoms with Crippen molar-refractivity contribution in [2.24, 2.45) is 4.99 Å². The maximum atomic E-state index is 13.6. The summed E-state index contributed by atoms with van der Waals surface area (Å²) in [5.74, 6) is -0.662. The summed E-state index contributed by atoms with van der Waals surface area (Å²) in [4.78, 5) is 30.8. The molecule has 0 fully saturated rings. The highest BCUT2D eigenvalue weighted by atomic mass is 35.5. The number of anilines is 1. The molecule has 1 amide bonds. The lowest BCUT2D eigenvalue weighted by atomic mass is 10.1. The zero-order valence-corrected chi connectivity index (χ0v) is 18.3. The smallest absolute Gasteiger partial charge is 0.266 e. The topological polar surface area (TPSA) is 75.8 Å². The highest BCUT2D eigenvalue weighted by molar-refractivity contribution is 7.21. The van der Waals surface area contributed by atoms with E-state index in [4.69, 9.17) is 11.6 Å². The van der Waals surface area contributed by atoms with Gasteiger partial charge in [-0.15, -0.1) is 11.3 Å². The average molecular weight is 478 g/mol. The van der Waals surface area contributed by atoms with E-state index in [2.05, 4.69) is 4.99 Å². The van der Waals surface area contributed by atoms with Crippen molar-refractivity contribution in [3.8, 4) is 0 Å². The van der Waals surface area contributed by atoms with Crippen molar-refractivity contribution in [1.29, 1.82) is 0 Å². The second-order valence-electron chi connectivity index (χ2n) is 7.14. The highest BCUT2D eigenvalue weighted by Gasteiger charge is 2.35. The maximum absolute atomic E-state index is 13.6. The number of carbonyl (C=O) groups excluding carboxylic acids is 1. The van der Waals surface area contributed by atoms with Crippen LogP contribution in [0.3, 0.4) is 0 Å². The lowest BCUT2D eigenvalue weighted by Gasteiger charge is -2.17. The first-order chi connectivity index (χ1) is 15.9. The van der Waals surface area contributed by atoms with Crippen LogP contribution in [0.2, 0.25) is 5.02 Å². The van der Waals surface area contributed by atoms with Crippen LogP contribution in [0.5, 0.6) is 0 Å². The Labute approximate surface area is 196 Å². The molecule has 1 aliphatic heterocycles. The Morgan fingerprint density at radius 1 is 1.03 bits per heavy atom. The monoisotopic (exact) mass is 477 g/mol. The predicted octanol–water partition coefficient (Wildman–Crippen LogP) is 6.44. The van der Waals surface area contributed by atoms with Crippen molar-refractivity contribution in [2.75, 3.05) is 4.90 Å². The third-order valence-electron chi connectivity index (χ3n) is 5.11. The molecule has 0 aliphatic carbocycles. The van der Waals surface area contributed by atoms with Gasteiger partial charge in [0.15, 0.2) is 5.84 Å². The normalized spacial score (nSPS) is 14.8. The molecule has 1 aromatic heterocycles. The first kappa shape index (κ1) is 21.0. The van der Waals surface area contributed by atoms with Gasteiger partial charge in [-0.2, -0.15) is 0 Å². The van der Waals surface area contributed by atoms with Gasteiger partial charge in [0.1, 0.15) is 11.5 Å². The number of thiophene rings is 1. The molecule has 6 nitrogen and oxygen atoms in total. The number of para-hydroxylation sites is 1. The largest absolute Gasteiger partial charge is 0.282 e. The zero-order valence-electron chi connectivity index (χ0n) is 16.7. The van der Waals surface area contributed by atoms with Gasteiger partial charge >= 0.3 is 0 Å². The summed E-state index contributed by atoms with van der Waals surface area (Å²) in [5.41, 5.74) is 0.517. The van der Waals surface area contributed by atoms with E-state index in [1.54, 1.807) is 18.2 Å². The molecule has 1 aliphatic rings. The Bertz CT molecular complexity index is 1490. The van der Waals surface area contributed by atoms with E-state index in [1.165, 1.54) is 52.6 Å². The molecule has 0 saturated heterocycles. The standard InChI is InChI=1S/C24H13ClFN3O3S/c25-21-17-6-2-4-8-20(17)33-22(21)23-27-18(13-14-5-1-3-7-19(14)29(31)32)24(30)28(23)16-11-9-15(26)10-12-16/h1-13H/b18-13+. The molecule has 0 atom stereocenters. The third-order valence-corrected chi connectivity index (χ3v) is 6.78. The van der Waals surface area contributed by atoms with Crippen LogP contribution in [0.1, 0.15) is 10.4 Å². The SMILES string of the molecule is O=C1/C(=C\c2ccccc2[N+](=O)[O-])N=C(c2sc3ccccc3c2Cl)N1c1ccc(F)cc1. The molecule has 0 unspecified atom stereocenters. The number of amidine groups is 1. The summed E-state index contributed by atoms with van der Waals surface area (Å²) in [6, 6.07) is 19.1. The Morgan fingerprint density at radius 3 is 2.45 bits per heavy atom. The van der Waals surface area contributed by atoms with Crippen LogP contribution in [0.25, 0.3) is 16.2 Å². The van der Waals surface area contributed by atoms with Gasteiger partial charge < -0.3 is 0 Å². The van der Waals surface area contributed by atoms with Gasteiger partial charge in [-0.25, -0.2) is 9.38 Å². The summed E-state index contributed by atoms with van der Waals surface area (Å²) in [6.45, 7) is 0. The number of amides is 1. The van der Waals surface area contributed by atoms with Crippen molar-refractivity contribution in [3.63, 3.8) is 0 Å². The third kappa shape index (κ3) is 3.69. The van der Waals surface area contributed by atoms with E-state index >= 15 is 0 Å². The van der Waals surface area contributed by atoms with E-state index < -0.39 is 16.6 Å². The van der Waals surface area contributed by atoms with Crippen LogP contribution in [0, 0.1) is 15.9 Å². The van der Waals surface area contributed by atoms with Crippen LogP contribution in [-0.2, 0) is 4.79 Å². The summed E-state index contributed by atoms with van der Waals surface area (Å²) < 4.78 is 14.5. The number of rotatable bonds is 4. The number of hydrogen-bond acceptors (Lipinski definition) is 5. The number of nitro benzene ring substituents is 1. The number of nitro groups is 1. The van der Waals surface area contributed by atoms with Crippen molar-refractivity contribution in [2.45, 2.75) is 0 Å². The fourth-order valence-electron chi connectivity index (χ4n) is 3.58. The minimum absolute atomic E-state index is 0.0112. The number of fused-ring (bicyclic) bond motifs is 1. The van der Waals surface area contributed by atoms with Crippen LogP contribution < -0.4 is 4.90 Å². The molecular formula is C24H13ClFN3O3S. The maximum Gasteiger partial charge on any atom is 0.282 e. The van der Waals surface area contributed by atoms with E-state index in [-0.39, 0.29) is 22.8 Å². The van der Waals surface area contributed by atoms with Gasteiger partial charge in [0.25, 0.3) is 11.6 Å². The van der Waals surface area contributed by atoms with Crippen LogP contribution in [0.4, 0.5) is 15.8 Å². The van der Waals surface area contributed by atoms with Crippen LogP contribution in [-0.4, -0.2) is 16.7 Å². The number of aliphatic imine (C=N–C) groups is 1. The van der Waals surface area contributed by atoms with Gasteiger partial charge in [-0.3, -0.25) is 19.8 Å². The van der Waals surface area contributed by atoms with Gasteiger partial charge in [-0.05, 0) is 42.5 Å². The fourth-order valence-corrected chi connectivity index (χ4v) is 5.08. The highest BCUT2D eigenvalue weighted by Crippen LogP contribution is 2.39. The van der Waals surface area contributed by atoms with E-state index in [0.29, 0.717) is 15.6 Å². The predicted molar refractivity (Wildman–Crippen MR) is 128 cm³/mol. The Kier molecular flexibility index (Phi) is 5.24. The Balaban J connectivity index is 1.70. The van der Waals surface area contributed by atoms with Crippen LogP contribution in [0.15, 0.2) is 83.5 Å². The molecule has 9 heteroatoms. The molecule has 0 saturated carbocycles. The molecule has 0 spiro atoms. The molecule has 4 aromatic rings. The minimum Gasteiger partial charge on any atom is -0.266 e. The van der Waals surface area contributed by atoms with Gasteiger partial charge in [-0.1, -0.05) is 41.9 Å². The molecule has 33 heavy (non-hydrogen) atoms. The number of halogens is 2. The summed E-state index contributed by atoms with van der Waals surface area (Å²) in [5, 5.41) is 12.7. The molecule has 0 radical (unpaired) electrons. The lowest BCUT2D eigenvalue weighted by Crippen LogP contribution is -2.32. The summed E-state index contributed by atoms with van der Waals surface area (Å²) in [6.07, 6.45) is 1.38. The van der Waals surface area contributed by atoms with Crippen molar-refractivity contribution in [3.05, 3.63) is 110 Å². The van der Waals surface area contributed by atoms with E-state index in [1.807, 2.05) is 24.3 Å². The van der Waals surface area contributed by atoms with Crippen LogP contribution >= 0.6 is 22.9 Å². The van der Waals surface area contributed by atoms with Gasteiger partial charge in [0, 0.05) is 16.2 Å². The lowest BCUT2D eigenvalue weighted by molar-refractivity contribution is -0.385. The second-order valence-corrected chi connectivity index (χ2v) is 8.57. The minimum atomic E-state index is -0.517. The molecule has 162 valence electrons. The fraction of sp³-hybridized carbons (Fsp3) is 0. The summed E-state index contributed by atoms with van der Waals surface area (Å²) >= 11 is 8.04. The van der Waals surface area contributed by atoms with Crippen molar-refractivity contribution in [1.82, 2.24) is 0 Å². The molecule has 0 bridgehead atoms. The quantitative estimate of drug-likeness (QED) is 0.193. The molecular weight excluding hydrogens is 465 g/mol.